The maximum atomic E-state index is 10.5. The number of fused-ring (bicyclic) bond motifs is 3. The molecule has 0 spiro atoms. The largest absolute Gasteiger partial charge is 0.388 e. The van der Waals surface area contributed by atoms with Crippen molar-refractivity contribution in [2.75, 3.05) is 13.1 Å². The lowest BCUT2D eigenvalue weighted by Crippen LogP contribution is -2.52. The average molecular weight is 420 g/mol. The van der Waals surface area contributed by atoms with Gasteiger partial charge in [-0.15, -0.1) is 0 Å². The third-order valence-electron chi connectivity index (χ3n) is 8.48. The van der Waals surface area contributed by atoms with Crippen LogP contribution >= 0.6 is 0 Å². The summed E-state index contributed by atoms with van der Waals surface area (Å²) < 4.78 is 0. The van der Waals surface area contributed by atoms with Gasteiger partial charge in [-0.1, -0.05) is 82.6 Å². The molecule has 2 nitrogen and oxygen atoms in total. The first-order chi connectivity index (χ1) is 14.8. The molecule has 168 valence electrons. The zero-order valence-electron chi connectivity index (χ0n) is 20.0. The molecule has 2 aliphatic rings. The van der Waals surface area contributed by atoms with Gasteiger partial charge in [0, 0.05) is 6.54 Å². The van der Waals surface area contributed by atoms with E-state index < -0.39 is 0 Å². The Bertz CT molecular complexity index is 876. The summed E-state index contributed by atoms with van der Waals surface area (Å²) in [5.41, 5.74) is 6.34. The first-order valence-electron chi connectivity index (χ1n) is 12.4. The fourth-order valence-corrected chi connectivity index (χ4v) is 6.67. The second kappa shape index (κ2) is 9.08. The van der Waals surface area contributed by atoms with Crippen molar-refractivity contribution in [3.8, 4) is 0 Å². The zero-order valence-corrected chi connectivity index (χ0v) is 20.0. The van der Waals surface area contributed by atoms with Gasteiger partial charge in [0.1, 0.15) is 0 Å². The monoisotopic (exact) mass is 419 g/mol. The van der Waals surface area contributed by atoms with Crippen LogP contribution in [-0.4, -0.2) is 18.2 Å². The van der Waals surface area contributed by atoms with Crippen LogP contribution in [0.2, 0.25) is 0 Å². The first-order valence-corrected chi connectivity index (χ1v) is 12.4. The van der Waals surface area contributed by atoms with Crippen molar-refractivity contribution in [3.05, 3.63) is 70.8 Å². The molecule has 1 saturated carbocycles. The Morgan fingerprint density at radius 3 is 2.55 bits per heavy atom. The fraction of sp³-hybridized carbons (Fsp3) is 0.586. The lowest BCUT2D eigenvalue weighted by atomic mass is 9.49. The molecule has 1 fully saturated rings. The van der Waals surface area contributed by atoms with E-state index in [1.54, 1.807) is 11.1 Å². The third kappa shape index (κ3) is 4.47. The van der Waals surface area contributed by atoms with Crippen molar-refractivity contribution in [3.63, 3.8) is 0 Å². The van der Waals surface area contributed by atoms with E-state index in [1.807, 2.05) is 30.3 Å². The maximum Gasteiger partial charge on any atom is 0.0802 e. The number of benzene rings is 2. The lowest BCUT2D eigenvalue weighted by molar-refractivity contribution is 0.0252. The van der Waals surface area contributed by atoms with Gasteiger partial charge in [0.15, 0.2) is 0 Å². The molecule has 0 saturated heterocycles. The summed E-state index contributed by atoms with van der Waals surface area (Å²) in [6, 6.07) is 17.4. The summed E-state index contributed by atoms with van der Waals surface area (Å²) in [5, 5.41) is 14.2. The topological polar surface area (TPSA) is 32.3 Å². The van der Waals surface area contributed by atoms with E-state index in [9.17, 15) is 5.11 Å². The summed E-state index contributed by atoms with van der Waals surface area (Å²) in [5.74, 6) is 1.32. The van der Waals surface area contributed by atoms with Gasteiger partial charge in [-0.05, 0) is 83.6 Å². The molecule has 2 N–H and O–H groups in total. The number of aryl methyl sites for hydroxylation is 1. The maximum absolute atomic E-state index is 10.5. The van der Waals surface area contributed by atoms with E-state index >= 15 is 0 Å². The molecule has 2 aromatic rings. The van der Waals surface area contributed by atoms with Crippen molar-refractivity contribution in [1.29, 1.82) is 0 Å². The predicted molar refractivity (Wildman–Crippen MR) is 131 cm³/mol. The molecule has 0 heterocycles. The van der Waals surface area contributed by atoms with E-state index in [-0.39, 0.29) is 6.10 Å². The SMILES string of the molecule is CC(C)c1ccc2c(c1)CC[C@H]1[C@](C)(CNCCC(O)c3ccccc3)CCC[C@]21C. The van der Waals surface area contributed by atoms with Gasteiger partial charge in [0.05, 0.1) is 6.10 Å². The molecular weight excluding hydrogens is 378 g/mol. The Labute approximate surface area is 189 Å². The number of rotatable bonds is 7. The fourth-order valence-electron chi connectivity index (χ4n) is 6.67. The highest BCUT2D eigenvalue weighted by Crippen LogP contribution is 2.57. The number of aliphatic hydroxyl groups excluding tert-OH is 1. The molecule has 2 aliphatic carbocycles. The highest BCUT2D eigenvalue weighted by Gasteiger charge is 2.51. The molecule has 4 atom stereocenters. The molecule has 4 rings (SSSR count). The van der Waals surface area contributed by atoms with Crippen molar-refractivity contribution in [1.82, 2.24) is 5.32 Å². The Morgan fingerprint density at radius 2 is 1.81 bits per heavy atom. The Hall–Kier alpha value is -1.64. The van der Waals surface area contributed by atoms with E-state index in [4.69, 9.17) is 0 Å². The van der Waals surface area contributed by atoms with Crippen LogP contribution in [0.5, 0.6) is 0 Å². The van der Waals surface area contributed by atoms with Crippen molar-refractivity contribution in [2.24, 2.45) is 11.3 Å². The minimum absolute atomic E-state index is 0.293. The van der Waals surface area contributed by atoms with E-state index in [0.717, 1.165) is 31.0 Å². The van der Waals surface area contributed by atoms with Gasteiger partial charge >= 0.3 is 0 Å². The van der Waals surface area contributed by atoms with Crippen molar-refractivity contribution >= 4 is 0 Å². The van der Waals surface area contributed by atoms with Gasteiger partial charge in [-0.2, -0.15) is 0 Å². The van der Waals surface area contributed by atoms with Crippen LogP contribution < -0.4 is 5.32 Å². The predicted octanol–water partition coefficient (Wildman–Crippen LogP) is 6.53. The van der Waals surface area contributed by atoms with Crippen LogP contribution in [0.1, 0.15) is 94.1 Å². The molecule has 0 bridgehead atoms. The van der Waals surface area contributed by atoms with Crippen LogP contribution in [0.25, 0.3) is 0 Å². The first kappa shape index (κ1) is 22.6. The van der Waals surface area contributed by atoms with Gasteiger partial charge in [-0.25, -0.2) is 0 Å². The zero-order chi connectivity index (χ0) is 22.1. The standard InChI is InChI=1S/C29H41NO/c1-21(2)23-11-13-25-24(19-23)12-14-27-28(3,16-8-17-29(25,27)4)20-30-18-15-26(31)22-9-6-5-7-10-22/h5-7,9-11,13,19,21,26-27,30-31H,8,12,14-18,20H2,1-4H3/t26?,27-,28-,29+/m0/s1. The molecule has 1 unspecified atom stereocenters. The Balaban J connectivity index is 1.42. The third-order valence-corrected chi connectivity index (χ3v) is 8.48. The molecule has 0 aliphatic heterocycles. The lowest BCUT2D eigenvalue weighted by Gasteiger charge is -2.55. The van der Waals surface area contributed by atoms with Crippen LogP contribution in [-0.2, 0) is 11.8 Å². The van der Waals surface area contributed by atoms with Crippen LogP contribution in [0.15, 0.2) is 48.5 Å². The molecule has 2 heteroatoms. The van der Waals surface area contributed by atoms with Crippen LogP contribution in [0, 0.1) is 11.3 Å². The van der Waals surface area contributed by atoms with E-state index in [2.05, 4.69) is 51.2 Å². The van der Waals surface area contributed by atoms with Crippen LogP contribution in [0.4, 0.5) is 0 Å². The quantitative estimate of drug-likeness (QED) is 0.500. The highest BCUT2D eigenvalue weighted by molar-refractivity contribution is 5.42. The van der Waals surface area contributed by atoms with Gasteiger partial charge in [-0.3, -0.25) is 0 Å². The number of hydrogen-bond acceptors (Lipinski definition) is 2. The summed E-state index contributed by atoms with van der Waals surface area (Å²) in [6.45, 7) is 11.6. The molecule has 0 radical (unpaired) electrons. The molecule has 2 aromatic carbocycles. The smallest absolute Gasteiger partial charge is 0.0802 e. The van der Waals surface area contributed by atoms with Gasteiger partial charge < -0.3 is 10.4 Å². The second-order valence-electron chi connectivity index (χ2n) is 11.0. The summed E-state index contributed by atoms with van der Waals surface area (Å²) in [7, 11) is 0. The number of hydrogen-bond donors (Lipinski definition) is 2. The Kier molecular flexibility index (Phi) is 6.60. The Morgan fingerprint density at radius 1 is 1.03 bits per heavy atom. The molecule has 31 heavy (non-hydrogen) atoms. The van der Waals surface area contributed by atoms with Gasteiger partial charge in [0.2, 0.25) is 0 Å². The van der Waals surface area contributed by atoms with Crippen LogP contribution in [0.3, 0.4) is 0 Å². The molecule has 0 aromatic heterocycles. The average Bonchev–Trinajstić information content (AvgIpc) is 2.76. The summed E-state index contributed by atoms with van der Waals surface area (Å²) in [6.07, 6.45) is 6.84. The van der Waals surface area contributed by atoms with E-state index in [1.165, 1.54) is 37.7 Å². The minimum atomic E-state index is -0.380. The molecular formula is C29H41NO. The number of nitrogens with one attached hydrogen (secondary N) is 1. The van der Waals surface area contributed by atoms with Gasteiger partial charge in [0.25, 0.3) is 0 Å². The number of aliphatic hydroxyl groups is 1. The van der Waals surface area contributed by atoms with Crippen molar-refractivity contribution in [2.45, 2.75) is 83.7 Å². The highest BCUT2D eigenvalue weighted by atomic mass is 16.3. The summed E-state index contributed by atoms with van der Waals surface area (Å²) >= 11 is 0. The normalized spacial score (nSPS) is 28.8. The summed E-state index contributed by atoms with van der Waals surface area (Å²) in [4.78, 5) is 0. The van der Waals surface area contributed by atoms with Crippen molar-refractivity contribution < 1.29 is 5.11 Å². The van der Waals surface area contributed by atoms with E-state index in [0.29, 0.717) is 16.7 Å². The second-order valence-corrected chi connectivity index (χ2v) is 11.0. The minimum Gasteiger partial charge on any atom is -0.388 e. The molecule has 0 amide bonds.